The molecule has 2 aromatic rings. The second-order valence-corrected chi connectivity index (χ2v) is 7.58. The molecule has 9 heteroatoms. The maximum atomic E-state index is 9.93. The van der Waals surface area contributed by atoms with Gasteiger partial charge in [0, 0.05) is 19.2 Å². The molecule has 0 bridgehead atoms. The summed E-state index contributed by atoms with van der Waals surface area (Å²) in [4.78, 5) is 15.3. The van der Waals surface area contributed by atoms with Gasteiger partial charge in [0.1, 0.15) is 12.4 Å². The van der Waals surface area contributed by atoms with Crippen LogP contribution in [-0.2, 0) is 0 Å². The van der Waals surface area contributed by atoms with Crippen LogP contribution >= 0.6 is 0 Å². The topological polar surface area (TPSA) is 109 Å². The first-order valence-corrected chi connectivity index (χ1v) is 9.94. The van der Waals surface area contributed by atoms with Gasteiger partial charge in [0.2, 0.25) is 11.8 Å². The third kappa shape index (κ3) is 7.34. The van der Waals surface area contributed by atoms with Crippen molar-refractivity contribution in [3.05, 3.63) is 23.2 Å². The third-order valence-corrected chi connectivity index (χ3v) is 3.97. The number of hydrogen-bond donors (Lipinski definition) is 2. The molecule has 0 aliphatic heterocycles. The molecule has 0 aliphatic rings. The lowest BCUT2D eigenvalue weighted by atomic mass is 10.2. The van der Waals surface area contributed by atoms with Gasteiger partial charge in [-0.05, 0) is 46.1 Å². The van der Waals surface area contributed by atoms with Crippen LogP contribution in [0.25, 0.3) is 0 Å². The Morgan fingerprint density at radius 3 is 2.45 bits per heavy atom. The van der Waals surface area contributed by atoms with E-state index in [4.69, 9.17) is 9.15 Å². The summed E-state index contributed by atoms with van der Waals surface area (Å²) in [5.74, 6) is 2.26. The molecule has 0 aliphatic carbocycles. The number of hydrazone groups is 1. The Morgan fingerprint density at radius 2 is 1.90 bits per heavy atom. The first-order chi connectivity index (χ1) is 13.7. The monoisotopic (exact) mass is 404 g/mol. The van der Waals surface area contributed by atoms with Crippen LogP contribution in [0.5, 0.6) is 6.01 Å². The molecule has 2 aromatic heterocycles. The summed E-state index contributed by atoms with van der Waals surface area (Å²) in [6.45, 7) is 13.1. The second-order valence-electron chi connectivity index (χ2n) is 7.58. The lowest BCUT2D eigenvalue weighted by Crippen LogP contribution is -2.30. The van der Waals surface area contributed by atoms with Gasteiger partial charge in [0.15, 0.2) is 5.82 Å². The van der Waals surface area contributed by atoms with Gasteiger partial charge < -0.3 is 19.2 Å². The van der Waals surface area contributed by atoms with E-state index in [0.717, 1.165) is 37.3 Å². The minimum Gasteiger partial charge on any atom is -0.460 e. The number of aryl methyl sites for hydroxylation is 2. The van der Waals surface area contributed by atoms with Gasteiger partial charge in [0.25, 0.3) is 0 Å². The Hall–Kier alpha value is -2.68. The van der Waals surface area contributed by atoms with Crippen LogP contribution in [0, 0.1) is 13.8 Å². The summed E-state index contributed by atoms with van der Waals surface area (Å²) in [6, 6.07) is 2.02. The highest BCUT2D eigenvalue weighted by molar-refractivity contribution is 5.75. The SMILES string of the molecule is CCCN(CCC)c1nc(/C=N/Nc2cc(C)c(C)o2)nc(OCC(C)(C)O)n1. The van der Waals surface area contributed by atoms with E-state index in [0.29, 0.717) is 17.7 Å². The average Bonchev–Trinajstić information content (AvgIpc) is 2.97. The molecule has 0 saturated carbocycles. The fourth-order valence-corrected chi connectivity index (χ4v) is 2.50. The zero-order valence-electron chi connectivity index (χ0n) is 18.2. The summed E-state index contributed by atoms with van der Waals surface area (Å²) >= 11 is 0. The smallest absolute Gasteiger partial charge is 0.321 e. The molecule has 0 aromatic carbocycles. The zero-order chi connectivity index (χ0) is 21.4. The van der Waals surface area contributed by atoms with E-state index in [2.05, 4.69) is 44.2 Å². The van der Waals surface area contributed by atoms with Crippen LogP contribution in [0.1, 0.15) is 57.7 Å². The molecule has 2 heterocycles. The van der Waals surface area contributed by atoms with Crippen molar-refractivity contribution in [3.8, 4) is 6.01 Å². The number of nitrogens with one attached hydrogen (secondary N) is 1. The van der Waals surface area contributed by atoms with Gasteiger partial charge >= 0.3 is 6.01 Å². The van der Waals surface area contributed by atoms with Crippen molar-refractivity contribution in [3.63, 3.8) is 0 Å². The van der Waals surface area contributed by atoms with E-state index >= 15 is 0 Å². The largest absolute Gasteiger partial charge is 0.460 e. The van der Waals surface area contributed by atoms with E-state index < -0.39 is 5.60 Å². The van der Waals surface area contributed by atoms with Gasteiger partial charge in [-0.1, -0.05) is 13.8 Å². The number of nitrogens with zero attached hydrogens (tertiary/aromatic N) is 5. The van der Waals surface area contributed by atoms with E-state index in [1.165, 1.54) is 6.21 Å². The van der Waals surface area contributed by atoms with Gasteiger partial charge in [-0.25, -0.2) is 5.43 Å². The molecular weight excluding hydrogens is 372 g/mol. The summed E-state index contributed by atoms with van der Waals surface area (Å²) in [6.07, 6.45) is 3.42. The molecule has 0 fully saturated rings. The standard InChI is InChI=1S/C20H32N6O3/c1-7-9-26(10-8-2)18-22-16(23-19(24-18)28-13-20(5,6)27)12-21-25-17-11-14(3)15(4)29-17/h11-12,25,27H,7-10,13H2,1-6H3/b21-12+. The average molecular weight is 405 g/mol. The fourth-order valence-electron chi connectivity index (χ4n) is 2.50. The quantitative estimate of drug-likeness (QED) is 0.434. The predicted molar refractivity (Wildman–Crippen MR) is 114 cm³/mol. The number of anilines is 2. The van der Waals surface area contributed by atoms with Crippen LogP contribution in [-0.4, -0.2) is 51.6 Å². The Labute approximate surface area is 172 Å². The first kappa shape index (κ1) is 22.6. The number of rotatable bonds is 11. The number of hydrogen-bond acceptors (Lipinski definition) is 9. The molecular formula is C20H32N6O3. The molecule has 0 atom stereocenters. The van der Waals surface area contributed by atoms with Crippen LogP contribution in [0.4, 0.5) is 11.8 Å². The highest BCUT2D eigenvalue weighted by atomic mass is 16.5. The molecule has 2 N–H and O–H groups in total. The van der Waals surface area contributed by atoms with Gasteiger partial charge in [-0.2, -0.15) is 20.1 Å². The predicted octanol–water partition coefficient (Wildman–Crippen LogP) is 3.30. The molecule has 0 radical (unpaired) electrons. The number of ether oxygens (including phenoxy) is 1. The van der Waals surface area contributed by atoms with Crippen molar-refractivity contribution in [2.75, 3.05) is 30.0 Å². The van der Waals surface area contributed by atoms with Crippen molar-refractivity contribution < 1.29 is 14.3 Å². The van der Waals surface area contributed by atoms with E-state index in [1.54, 1.807) is 13.8 Å². The minimum absolute atomic E-state index is 0.0673. The summed E-state index contributed by atoms with van der Waals surface area (Å²) in [7, 11) is 0. The summed E-state index contributed by atoms with van der Waals surface area (Å²) in [5, 5.41) is 14.1. The fraction of sp³-hybridized carbons (Fsp3) is 0.600. The molecule has 29 heavy (non-hydrogen) atoms. The van der Waals surface area contributed by atoms with E-state index in [9.17, 15) is 5.11 Å². The number of aromatic nitrogens is 3. The number of furan rings is 1. The molecule has 0 spiro atoms. The van der Waals surface area contributed by atoms with Gasteiger partial charge in [0.05, 0.1) is 11.8 Å². The normalized spacial score (nSPS) is 11.8. The molecule has 0 amide bonds. The van der Waals surface area contributed by atoms with Crippen molar-refractivity contribution >= 4 is 18.0 Å². The van der Waals surface area contributed by atoms with Crippen molar-refractivity contribution in [2.45, 2.75) is 60.0 Å². The summed E-state index contributed by atoms with van der Waals surface area (Å²) in [5.41, 5.74) is 2.89. The Morgan fingerprint density at radius 1 is 1.21 bits per heavy atom. The third-order valence-electron chi connectivity index (χ3n) is 3.97. The maximum absolute atomic E-state index is 9.93. The zero-order valence-corrected chi connectivity index (χ0v) is 18.2. The lowest BCUT2D eigenvalue weighted by molar-refractivity contribution is 0.0249. The Kier molecular flexibility index (Phi) is 7.95. The van der Waals surface area contributed by atoms with Crippen LogP contribution in [0.2, 0.25) is 0 Å². The van der Waals surface area contributed by atoms with Crippen molar-refractivity contribution in [1.29, 1.82) is 0 Å². The second kappa shape index (κ2) is 10.2. The van der Waals surface area contributed by atoms with E-state index in [1.807, 2.05) is 19.9 Å². The van der Waals surface area contributed by atoms with Gasteiger partial charge in [-0.3, -0.25) is 0 Å². The van der Waals surface area contributed by atoms with E-state index in [-0.39, 0.29) is 12.6 Å². The number of aliphatic hydroxyl groups is 1. The van der Waals surface area contributed by atoms with Crippen LogP contribution < -0.4 is 15.1 Å². The molecule has 2 rings (SSSR count). The Bertz CT molecular complexity index is 788. The Balaban J connectivity index is 2.25. The van der Waals surface area contributed by atoms with Crippen LogP contribution in [0.15, 0.2) is 15.6 Å². The van der Waals surface area contributed by atoms with Crippen LogP contribution in [0.3, 0.4) is 0 Å². The maximum Gasteiger partial charge on any atom is 0.321 e. The first-order valence-electron chi connectivity index (χ1n) is 9.94. The molecule has 160 valence electrons. The minimum atomic E-state index is -0.996. The highest BCUT2D eigenvalue weighted by Crippen LogP contribution is 2.18. The molecule has 0 saturated heterocycles. The highest BCUT2D eigenvalue weighted by Gasteiger charge is 2.17. The van der Waals surface area contributed by atoms with Gasteiger partial charge in [-0.15, -0.1) is 0 Å². The lowest BCUT2D eigenvalue weighted by Gasteiger charge is -2.22. The summed E-state index contributed by atoms with van der Waals surface area (Å²) < 4.78 is 11.1. The molecule has 0 unspecified atom stereocenters. The molecule has 9 nitrogen and oxygen atoms in total. The van der Waals surface area contributed by atoms with Crippen molar-refractivity contribution in [1.82, 2.24) is 15.0 Å². The van der Waals surface area contributed by atoms with Crippen molar-refractivity contribution in [2.24, 2.45) is 5.10 Å².